The van der Waals surface area contributed by atoms with Crippen molar-refractivity contribution in [3.05, 3.63) is 96.3 Å². The summed E-state index contributed by atoms with van der Waals surface area (Å²) in [5.41, 5.74) is 6.63. The molecule has 3 rings (SSSR count). The van der Waals surface area contributed by atoms with Crippen molar-refractivity contribution in [2.24, 2.45) is 0 Å². The van der Waals surface area contributed by atoms with E-state index in [0.29, 0.717) is 5.69 Å². The summed E-state index contributed by atoms with van der Waals surface area (Å²) in [6.07, 6.45) is 0.0941. The summed E-state index contributed by atoms with van der Waals surface area (Å²) in [6, 6.07) is 21.7. The standard InChI is InChI=1S/C21H20FN3O3S/c22-18-13-7-8-14-20(18)29(27,28)25-19(15-16-9-3-1-4-10-16)21(26)24-23-17-11-5-2-6-12-17/h1-14,19,23,25H,15H2,(H,24,26). The molecule has 3 aromatic rings. The van der Waals surface area contributed by atoms with Gasteiger partial charge < -0.3 is 0 Å². The van der Waals surface area contributed by atoms with Gasteiger partial charge in [0.15, 0.2) is 0 Å². The second-order valence-electron chi connectivity index (χ2n) is 6.27. The van der Waals surface area contributed by atoms with Gasteiger partial charge in [-0.25, -0.2) is 12.8 Å². The fourth-order valence-corrected chi connectivity index (χ4v) is 3.97. The molecule has 0 radical (unpaired) electrons. The quantitative estimate of drug-likeness (QED) is 0.496. The molecule has 1 atom stereocenters. The van der Waals surface area contributed by atoms with Gasteiger partial charge in [-0.2, -0.15) is 4.72 Å². The average Bonchev–Trinajstić information content (AvgIpc) is 2.73. The molecule has 1 unspecified atom stereocenters. The molecule has 0 bridgehead atoms. The van der Waals surface area contributed by atoms with Gasteiger partial charge in [-0.1, -0.05) is 60.7 Å². The van der Waals surface area contributed by atoms with Gasteiger partial charge in [-0.15, -0.1) is 0 Å². The minimum atomic E-state index is -4.25. The first kappa shape index (κ1) is 20.5. The third kappa shape index (κ3) is 5.63. The summed E-state index contributed by atoms with van der Waals surface area (Å²) in [7, 11) is -4.25. The molecule has 0 spiro atoms. The monoisotopic (exact) mass is 413 g/mol. The highest BCUT2D eigenvalue weighted by molar-refractivity contribution is 7.89. The Morgan fingerprint density at radius 1 is 0.862 bits per heavy atom. The molecule has 0 saturated carbocycles. The van der Waals surface area contributed by atoms with Crippen LogP contribution in [0.1, 0.15) is 5.56 Å². The summed E-state index contributed by atoms with van der Waals surface area (Å²) < 4.78 is 41.7. The summed E-state index contributed by atoms with van der Waals surface area (Å²) in [4.78, 5) is 12.2. The van der Waals surface area contributed by atoms with E-state index in [1.807, 2.05) is 12.1 Å². The molecule has 0 aliphatic rings. The number of hydrogen-bond donors (Lipinski definition) is 3. The minimum absolute atomic E-state index is 0.0941. The summed E-state index contributed by atoms with van der Waals surface area (Å²) in [5.74, 6) is -1.49. The number of benzene rings is 3. The van der Waals surface area contributed by atoms with E-state index in [1.54, 1.807) is 48.5 Å². The number of carbonyl (C=O) groups excluding carboxylic acids is 1. The van der Waals surface area contributed by atoms with Crippen LogP contribution in [0, 0.1) is 5.82 Å². The number of hydrazine groups is 1. The Kier molecular flexibility index (Phi) is 6.58. The van der Waals surface area contributed by atoms with Gasteiger partial charge in [-0.05, 0) is 36.2 Å². The van der Waals surface area contributed by atoms with Crippen molar-refractivity contribution in [3.8, 4) is 0 Å². The molecule has 3 N–H and O–H groups in total. The lowest BCUT2D eigenvalue weighted by atomic mass is 10.1. The van der Waals surface area contributed by atoms with E-state index in [1.165, 1.54) is 12.1 Å². The Hall–Kier alpha value is -3.23. The first-order valence-corrected chi connectivity index (χ1v) is 10.4. The zero-order chi connectivity index (χ0) is 20.7. The van der Waals surface area contributed by atoms with Crippen LogP contribution in [0.4, 0.5) is 10.1 Å². The summed E-state index contributed by atoms with van der Waals surface area (Å²) >= 11 is 0. The first-order valence-electron chi connectivity index (χ1n) is 8.87. The van der Waals surface area contributed by atoms with Crippen LogP contribution in [-0.2, 0) is 21.2 Å². The predicted molar refractivity (Wildman–Crippen MR) is 109 cm³/mol. The molecule has 0 aromatic heterocycles. The van der Waals surface area contributed by atoms with Crippen LogP contribution in [0.3, 0.4) is 0 Å². The van der Waals surface area contributed by atoms with Gasteiger partial charge in [0.05, 0.1) is 5.69 Å². The van der Waals surface area contributed by atoms with Gasteiger partial charge in [0, 0.05) is 0 Å². The van der Waals surface area contributed by atoms with Gasteiger partial charge >= 0.3 is 0 Å². The Morgan fingerprint density at radius 2 is 1.45 bits per heavy atom. The van der Waals surface area contributed by atoms with Gasteiger partial charge in [0.25, 0.3) is 5.91 Å². The fourth-order valence-electron chi connectivity index (χ4n) is 2.69. The van der Waals surface area contributed by atoms with Gasteiger partial charge in [-0.3, -0.25) is 15.6 Å². The SMILES string of the molecule is O=C(NNc1ccccc1)C(Cc1ccccc1)NS(=O)(=O)c1ccccc1F. The van der Waals surface area contributed by atoms with E-state index >= 15 is 0 Å². The number of hydrogen-bond acceptors (Lipinski definition) is 4. The van der Waals surface area contributed by atoms with Crippen LogP contribution in [0.15, 0.2) is 89.8 Å². The van der Waals surface area contributed by atoms with Crippen molar-refractivity contribution in [1.29, 1.82) is 0 Å². The van der Waals surface area contributed by atoms with Gasteiger partial charge in [0.1, 0.15) is 16.8 Å². The van der Waals surface area contributed by atoms with Crippen LogP contribution in [-0.4, -0.2) is 20.4 Å². The molecular weight excluding hydrogens is 393 g/mol. The predicted octanol–water partition coefficient (Wildman–Crippen LogP) is 2.86. The van der Waals surface area contributed by atoms with Crippen molar-refractivity contribution in [1.82, 2.24) is 10.1 Å². The normalized spacial score (nSPS) is 12.2. The number of amides is 1. The van der Waals surface area contributed by atoms with E-state index in [0.717, 1.165) is 17.7 Å². The molecule has 0 saturated heterocycles. The molecule has 3 aromatic carbocycles. The number of sulfonamides is 1. The number of anilines is 1. The van der Waals surface area contributed by atoms with E-state index in [-0.39, 0.29) is 6.42 Å². The van der Waals surface area contributed by atoms with Crippen LogP contribution in [0.25, 0.3) is 0 Å². The topological polar surface area (TPSA) is 87.3 Å². The van der Waals surface area contributed by atoms with Crippen LogP contribution < -0.4 is 15.6 Å². The molecule has 150 valence electrons. The molecule has 8 heteroatoms. The lowest BCUT2D eigenvalue weighted by Crippen LogP contribution is -2.49. The van der Waals surface area contributed by atoms with Crippen LogP contribution in [0.5, 0.6) is 0 Å². The van der Waals surface area contributed by atoms with E-state index in [4.69, 9.17) is 0 Å². The number of para-hydroxylation sites is 1. The highest BCUT2D eigenvalue weighted by Crippen LogP contribution is 2.15. The highest BCUT2D eigenvalue weighted by atomic mass is 32.2. The molecule has 0 aliphatic heterocycles. The molecule has 6 nitrogen and oxygen atoms in total. The second-order valence-corrected chi connectivity index (χ2v) is 7.96. The fraction of sp³-hybridized carbons (Fsp3) is 0.0952. The maximum absolute atomic E-state index is 14.0. The second kappa shape index (κ2) is 9.31. The first-order chi connectivity index (χ1) is 14.0. The molecular formula is C21H20FN3O3S. The third-order valence-corrected chi connectivity index (χ3v) is 5.63. The Labute approximate surface area is 168 Å². The van der Waals surface area contributed by atoms with Crippen molar-refractivity contribution in [3.63, 3.8) is 0 Å². The Morgan fingerprint density at radius 3 is 2.10 bits per heavy atom. The van der Waals surface area contributed by atoms with E-state index in [2.05, 4.69) is 15.6 Å². The number of halogens is 1. The largest absolute Gasteiger partial charge is 0.299 e. The number of rotatable bonds is 8. The third-order valence-electron chi connectivity index (χ3n) is 4.13. The summed E-state index contributed by atoms with van der Waals surface area (Å²) in [5, 5.41) is 0. The number of nitrogens with one attached hydrogen (secondary N) is 3. The Bertz CT molecular complexity index is 1060. The molecule has 0 heterocycles. The van der Waals surface area contributed by atoms with Crippen molar-refractivity contribution in [2.45, 2.75) is 17.4 Å². The number of carbonyl (C=O) groups is 1. The highest BCUT2D eigenvalue weighted by Gasteiger charge is 2.27. The molecule has 29 heavy (non-hydrogen) atoms. The average molecular weight is 413 g/mol. The molecule has 0 fully saturated rings. The zero-order valence-corrected chi connectivity index (χ0v) is 16.2. The van der Waals surface area contributed by atoms with Crippen molar-refractivity contribution >= 4 is 21.6 Å². The smallest absolute Gasteiger partial charge is 0.256 e. The maximum Gasteiger partial charge on any atom is 0.256 e. The molecule has 0 aliphatic carbocycles. The van der Waals surface area contributed by atoms with Gasteiger partial charge in [0.2, 0.25) is 10.0 Å². The summed E-state index contributed by atoms with van der Waals surface area (Å²) in [6.45, 7) is 0. The van der Waals surface area contributed by atoms with Crippen LogP contribution >= 0.6 is 0 Å². The maximum atomic E-state index is 14.0. The molecule has 1 amide bonds. The lowest BCUT2D eigenvalue weighted by molar-refractivity contribution is -0.122. The minimum Gasteiger partial charge on any atom is -0.299 e. The van der Waals surface area contributed by atoms with E-state index in [9.17, 15) is 17.6 Å². The van der Waals surface area contributed by atoms with Crippen molar-refractivity contribution < 1.29 is 17.6 Å². The zero-order valence-electron chi connectivity index (χ0n) is 15.4. The lowest BCUT2D eigenvalue weighted by Gasteiger charge is -2.19. The van der Waals surface area contributed by atoms with Crippen molar-refractivity contribution in [2.75, 3.05) is 5.43 Å². The van der Waals surface area contributed by atoms with Crippen LogP contribution in [0.2, 0.25) is 0 Å². The Balaban J connectivity index is 1.80. The van der Waals surface area contributed by atoms with E-state index < -0.39 is 32.7 Å².